The van der Waals surface area contributed by atoms with E-state index in [1.54, 1.807) is 6.08 Å². The van der Waals surface area contributed by atoms with Gasteiger partial charge in [0.05, 0.1) is 0 Å². The van der Waals surface area contributed by atoms with E-state index in [1.807, 2.05) is 24.4 Å². The van der Waals surface area contributed by atoms with Crippen LogP contribution in [0.4, 0.5) is 0 Å². The van der Waals surface area contributed by atoms with Gasteiger partial charge in [0.25, 0.3) is 0 Å². The van der Waals surface area contributed by atoms with Gasteiger partial charge in [0.2, 0.25) is 5.96 Å². The van der Waals surface area contributed by atoms with Crippen LogP contribution in [0, 0.1) is 3.57 Å². The maximum Gasteiger partial charge on any atom is 0.211 e. The molecule has 0 spiro atoms. The number of aromatic nitrogens is 1. The highest BCUT2D eigenvalue weighted by Crippen LogP contribution is 2.15. The summed E-state index contributed by atoms with van der Waals surface area (Å²) in [5.74, 6) is -0.0584. The summed E-state index contributed by atoms with van der Waals surface area (Å²) in [6, 6.07) is 12.3. The Hall–Kier alpha value is -2.09. The highest BCUT2D eigenvalue weighted by Gasteiger charge is 1.99. The second-order valence-corrected chi connectivity index (χ2v) is 5.17. The van der Waals surface area contributed by atoms with Crippen LogP contribution in [0.2, 0.25) is 0 Å². The molecule has 0 aliphatic carbocycles. The third-order valence-corrected chi connectivity index (χ3v) is 3.20. The van der Waals surface area contributed by atoms with Crippen molar-refractivity contribution < 1.29 is 0 Å². The zero-order chi connectivity index (χ0) is 14.4. The molecule has 0 saturated heterocycles. The highest BCUT2D eigenvalue weighted by molar-refractivity contribution is 14.1. The van der Waals surface area contributed by atoms with Gasteiger partial charge in [-0.1, -0.05) is 0 Å². The lowest BCUT2D eigenvalue weighted by atomic mass is 10.3. The van der Waals surface area contributed by atoms with E-state index in [-0.39, 0.29) is 5.96 Å². The van der Waals surface area contributed by atoms with E-state index in [2.05, 4.69) is 61.6 Å². The molecule has 1 heterocycles. The van der Waals surface area contributed by atoms with E-state index >= 15 is 0 Å². The van der Waals surface area contributed by atoms with Crippen molar-refractivity contribution in [2.24, 2.45) is 21.7 Å². The summed E-state index contributed by atoms with van der Waals surface area (Å²) in [7, 11) is 0. The van der Waals surface area contributed by atoms with Crippen LogP contribution in [-0.4, -0.2) is 16.7 Å². The summed E-state index contributed by atoms with van der Waals surface area (Å²) in [6.07, 6.45) is 7.26. The molecule has 20 heavy (non-hydrogen) atoms. The minimum absolute atomic E-state index is 0.0584. The molecule has 0 bridgehead atoms. The topological polar surface area (TPSA) is 81.7 Å². The van der Waals surface area contributed by atoms with Crippen LogP contribution in [-0.2, 0) is 0 Å². The molecule has 0 aliphatic rings. The van der Waals surface area contributed by atoms with E-state index in [0.717, 1.165) is 11.4 Å². The predicted octanol–water partition coefficient (Wildman–Crippen LogP) is 2.35. The zero-order valence-corrected chi connectivity index (χ0v) is 12.8. The molecule has 0 radical (unpaired) electrons. The largest absolute Gasteiger partial charge is 0.369 e. The van der Waals surface area contributed by atoms with Gasteiger partial charge in [0.1, 0.15) is 0 Å². The van der Waals surface area contributed by atoms with Crippen molar-refractivity contribution in [1.29, 1.82) is 0 Å². The van der Waals surface area contributed by atoms with Crippen LogP contribution in [0.15, 0.2) is 58.9 Å². The van der Waals surface area contributed by atoms with Crippen molar-refractivity contribution in [3.05, 3.63) is 57.9 Å². The quantitative estimate of drug-likeness (QED) is 0.370. The number of hydrogen-bond acceptors (Lipinski definition) is 2. The molecular formula is C14H14IN5. The first-order valence-corrected chi connectivity index (χ1v) is 6.96. The molecule has 0 atom stereocenters. The molecule has 0 saturated carbocycles. The van der Waals surface area contributed by atoms with Crippen LogP contribution < -0.4 is 11.5 Å². The Balaban J connectivity index is 2.17. The minimum Gasteiger partial charge on any atom is -0.369 e. The second-order valence-electron chi connectivity index (χ2n) is 3.93. The third-order valence-electron chi connectivity index (χ3n) is 2.48. The second kappa shape index (κ2) is 6.90. The predicted molar refractivity (Wildman–Crippen MR) is 91.8 cm³/mol. The molecule has 102 valence electrons. The van der Waals surface area contributed by atoms with Gasteiger partial charge < -0.3 is 16.0 Å². The van der Waals surface area contributed by atoms with Crippen molar-refractivity contribution >= 4 is 40.8 Å². The van der Waals surface area contributed by atoms with E-state index < -0.39 is 0 Å². The molecule has 0 aliphatic heterocycles. The fraction of sp³-hybridized carbons (Fsp3) is 0. The molecule has 4 N–H and O–H groups in total. The van der Waals surface area contributed by atoms with E-state index in [0.29, 0.717) is 0 Å². The average Bonchev–Trinajstić information content (AvgIpc) is 2.87. The molecule has 2 rings (SSSR count). The summed E-state index contributed by atoms with van der Waals surface area (Å²) in [5, 5.41) is 7.22. The molecule has 1 aromatic heterocycles. The lowest BCUT2D eigenvalue weighted by molar-refractivity contribution is 1.06. The SMILES string of the molecule is NC(N)=N/N=C/C=C/c1cccn1-c1ccc(I)cc1. The lowest BCUT2D eigenvalue weighted by Crippen LogP contribution is -2.21. The number of allylic oxidation sites excluding steroid dienone is 1. The Bertz CT molecular complexity index is 648. The Morgan fingerprint density at radius 1 is 1.15 bits per heavy atom. The summed E-state index contributed by atoms with van der Waals surface area (Å²) < 4.78 is 3.29. The molecule has 0 amide bonds. The molecule has 1 aromatic carbocycles. The normalized spacial score (nSPS) is 11.2. The first-order chi connectivity index (χ1) is 9.66. The summed E-state index contributed by atoms with van der Waals surface area (Å²) in [4.78, 5) is 0. The van der Waals surface area contributed by atoms with Crippen LogP contribution >= 0.6 is 22.6 Å². The van der Waals surface area contributed by atoms with Gasteiger partial charge in [0.15, 0.2) is 0 Å². The number of benzene rings is 1. The van der Waals surface area contributed by atoms with Crippen molar-refractivity contribution in [3.63, 3.8) is 0 Å². The number of hydrogen-bond donors (Lipinski definition) is 2. The third kappa shape index (κ3) is 3.95. The molecule has 6 heteroatoms. The van der Waals surface area contributed by atoms with Gasteiger partial charge in [-0.25, -0.2) is 0 Å². The first kappa shape index (κ1) is 14.3. The Morgan fingerprint density at radius 3 is 2.60 bits per heavy atom. The van der Waals surface area contributed by atoms with Crippen molar-refractivity contribution in [2.45, 2.75) is 0 Å². The van der Waals surface area contributed by atoms with E-state index in [4.69, 9.17) is 11.5 Å². The molecule has 0 fully saturated rings. The van der Waals surface area contributed by atoms with Gasteiger partial charge in [-0.05, 0) is 71.1 Å². The van der Waals surface area contributed by atoms with E-state index in [1.165, 1.54) is 9.78 Å². The fourth-order valence-electron chi connectivity index (χ4n) is 1.65. The Morgan fingerprint density at radius 2 is 1.90 bits per heavy atom. The Labute approximate surface area is 130 Å². The van der Waals surface area contributed by atoms with Gasteiger partial charge in [0, 0.05) is 27.4 Å². The number of nitrogens with two attached hydrogens (primary N) is 2. The summed E-state index contributed by atoms with van der Waals surface area (Å²) in [5.41, 5.74) is 12.5. The lowest BCUT2D eigenvalue weighted by Gasteiger charge is -2.06. The minimum atomic E-state index is -0.0584. The van der Waals surface area contributed by atoms with Crippen LogP contribution in [0.25, 0.3) is 11.8 Å². The van der Waals surface area contributed by atoms with Gasteiger partial charge >= 0.3 is 0 Å². The van der Waals surface area contributed by atoms with E-state index in [9.17, 15) is 0 Å². The summed E-state index contributed by atoms with van der Waals surface area (Å²) >= 11 is 2.29. The van der Waals surface area contributed by atoms with Crippen LogP contribution in [0.5, 0.6) is 0 Å². The number of nitrogens with zero attached hydrogens (tertiary/aromatic N) is 3. The van der Waals surface area contributed by atoms with Gasteiger partial charge in [-0.2, -0.15) is 5.10 Å². The van der Waals surface area contributed by atoms with Crippen LogP contribution in [0.1, 0.15) is 5.69 Å². The number of guanidine groups is 1. The van der Waals surface area contributed by atoms with Gasteiger partial charge in [-0.3, -0.25) is 0 Å². The zero-order valence-electron chi connectivity index (χ0n) is 10.6. The first-order valence-electron chi connectivity index (χ1n) is 5.89. The number of halogens is 1. The van der Waals surface area contributed by atoms with Gasteiger partial charge in [-0.15, -0.1) is 5.10 Å². The maximum absolute atomic E-state index is 5.17. The summed E-state index contributed by atoms with van der Waals surface area (Å²) in [6.45, 7) is 0. The van der Waals surface area contributed by atoms with Crippen molar-refractivity contribution in [3.8, 4) is 5.69 Å². The smallest absolute Gasteiger partial charge is 0.211 e. The molecule has 2 aromatic rings. The van der Waals surface area contributed by atoms with Crippen molar-refractivity contribution in [2.75, 3.05) is 0 Å². The molecule has 0 unspecified atom stereocenters. The average molecular weight is 379 g/mol. The molecule has 5 nitrogen and oxygen atoms in total. The Kier molecular flexibility index (Phi) is 4.94. The molecular weight excluding hydrogens is 365 g/mol. The van der Waals surface area contributed by atoms with Crippen molar-refractivity contribution in [1.82, 2.24) is 4.57 Å². The highest BCUT2D eigenvalue weighted by atomic mass is 127. The monoisotopic (exact) mass is 379 g/mol. The fourth-order valence-corrected chi connectivity index (χ4v) is 2.01. The number of rotatable bonds is 4. The van der Waals surface area contributed by atoms with Crippen LogP contribution in [0.3, 0.4) is 0 Å². The maximum atomic E-state index is 5.17. The standard InChI is InChI=1S/C14H14IN5/c15-11-5-7-13(8-6-11)20-10-2-4-12(20)3-1-9-18-19-14(16)17/h1-10H,(H4,16,17,19)/b3-1+,18-9+.